The zero-order valence-electron chi connectivity index (χ0n) is 12.9. The van der Waals surface area contributed by atoms with Crippen molar-refractivity contribution >= 4 is 39.4 Å². The van der Waals surface area contributed by atoms with Gasteiger partial charge in [-0.2, -0.15) is 0 Å². The van der Waals surface area contributed by atoms with E-state index in [0.29, 0.717) is 0 Å². The van der Waals surface area contributed by atoms with E-state index in [0.717, 1.165) is 52.9 Å². The Hall–Kier alpha value is -1.54. The number of rotatable bonds is 4. The summed E-state index contributed by atoms with van der Waals surface area (Å²) in [6.07, 6.45) is 1.78. The lowest BCUT2D eigenvalue weighted by molar-refractivity contribution is 0.252. The van der Waals surface area contributed by atoms with Gasteiger partial charge in [0.05, 0.1) is 4.34 Å². The predicted molar refractivity (Wildman–Crippen MR) is 100.0 cm³/mol. The Bertz CT molecular complexity index is 796. The Balaban J connectivity index is 1.37. The highest BCUT2D eigenvalue weighted by molar-refractivity contribution is 7.18. The summed E-state index contributed by atoms with van der Waals surface area (Å²) in [7, 11) is 0. The fraction of sp³-hybridized carbons (Fsp3) is 0.312. The van der Waals surface area contributed by atoms with Crippen LogP contribution in [-0.4, -0.2) is 46.3 Å². The van der Waals surface area contributed by atoms with E-state index in [1.54, 1.807) is 28.9 Å². The molecule has 0 amide bonds. The van der Waals surface area contributed by atoms with Crippen molar-refractivity contribution in [2.45, 2.75) is 6.54 Å². The largest absolute Gasteiger partial charge is 0.344 e. The highest BCUT2D eigenvalue weighted by atomic mass is 35.5. The van der Waals surface area contributed by atoms with E-state index in [-0.39, 0.29) is 0 Å². The lowest BCUT2D eigenvalue weighted by Gasteiger charge is -2.33. The maximum atomic E-state index is 6.01. The average molecular weight is 378 g/mol. The van der Waals surface area contributed by atoms with Crippen LogP contribution in [0.5, 0.6) is 0 Å². The monoisotopic (exact) mass is 377 g/mol. The zero-order valence-corrected chi connectivity index (χ0v) is 15.3. The molecule has 1 aliphatic rings. The Morgan fingerprint density at radius 2 is 1.88 bits per heavy atom. The number of anilines is 1. The number of aromatic nitrogens is 3. The van der Waals surface area contributed by atoms with Gasteiger partial charge in [0.15, 0.2) is 5.01 Å². The van der Waals surface area contributed by atoms with Gasteiger partial charge in [-0.05, 0) is 24.3 Å². The van der Waals surface area contributed by atoms with Gasteiger partial charge in [0.2, 0.25) is 5.13 Å². The molecule has 24 heavy (non-hydrogen) atoms. The summed E-state index contributed by atoms with van der Waals surface area (Å²) in [6, 6.07) is 9.93. The fourth-order valence-electron chi connectivity index (χ4n) is 2.69. The Morgan fingerprint density at radius 1 is 1.00 bits per heavy atom. The van der Waals surface area contributed by atoms with E-state index in [1.807, 2.05) is 24.3 Å². The van der Waals surface area contributed by atoms with Gasteiger partial charge in [-0.25, -0.2) is 0 Å². The molecule has 0 radical (unpaired) electrons. The average Bonchev–Trinajstić information content (AvgIpc) is 3.26. The Morgan fingerprint density at radius 3 is 2.58 bits per heavy atom. The first-order valence-electron chi connectivity index (χ1n) is 7.74. The second kappa shape index (κ2) is 7.14. The van der Waals surface area contributed by atoms with Crippen LogP contribution in [0, 0.1) is 0 Å². The summed E-state index contributed by atoms with van der Waals surface area (Å²) in [6.45, 7) is 4.95. The number of hydrogen-bond acceptors (Lipinski definition) is 7. The first-order chi connectivity index (χ1) is 11.8. The summed E-state index contributed by atoms with van der Waals surface area (Å²) >= 11 is 9.28. The standard InChI is InChI=1S/C16H16ClN5S2/c17-14-5-4-12(23-14)11-21-7-9-22(10-8-21)16-20-19-15(24-16)13-3-1-2-6-18-13/h1-6H,7-11H2. The molecule has 0 aromatic carbocycles. The number of hydrogen-bond donors (Lipinski definition) is 0. The number of piperazine rings is 1. The number of halogens is 1. The maximum Gasteiger partial charge on any atom is 0.208 e. The summed E-state index contributed by atoms with van der Waals surface area (Å²) in [4.78, 5) is 10.4. The van der Waals surface area contributed by atoms with Crippen LogP contribution in [0.3, 0.4) is 0 Å². The number of thiophene rings is 1. The van der Waals surface area contributed by atoms with Crippen molar-refractivity contribution in [2.75, 3.05) is 31.1 Å². The lowest BCUT2D eigenvalue weighted by Crippen LogP contribution is -2.45. The summed E-state index contributed by atoms with van der Waals surface area (Å²) in [5.74, 6) is 0. The van der Waals surface area contributed by atoms with Crippen molar-refractivity contribution in [2.24, 2.45) is 0 Å². The van der Waals surface area contributed by atoms with Crippen LogP contribution in [0.2, 0.25) is 4.34 Å². The van der Waals surface area contributed by atoms with E-state index >= 15 is 0 Å². The van der Waals surface area contributed by atoms with Gasteiger partial charge in [-0.15, -0.1) is 21.5 Å². The van der Waals surface area contributed by atoms with Crippen LogP contribution in [0.15, 0.2) is 36.5 Å². The zero-order chi connectivity index (χ0) is 16.4. The summed E-state index contributed by atoms with van der Waals surface area (Å²) in [5, 5.41) is 10.5. The molecule has 0 atom stereocenters. The molecular formula is C16H16ClN5S2. The van der Waals surface area contributed by atoms with Gasteiger partial charge in [0.1, 0.15) is 5.69 Å². The van der Waals surface area contributed by atoms with Gasteiger partial charge in [0, 0.05) is 43.8 Å². The normalized spacial score (nSPS) is 15.8. The minimum Gasteiger partial charge on any atom is -0.344 e. The molecule has 0 spiro atoms. The third-order valence-electron chi connectivity index (χ3n) is 3.95. The third-order valence-corrected chi connectivity index (χ3v) is 6.17. The van der Waals surface area contributed by atoms with E-state index in [4.69, 9.17) is 11.6 Å². The van der Waals surface area contributed by atoms with E-state index in [9.17, 15) is 0 Å². The van der Waals surface area contributed by atoms with Gasteiger partial charge in [0.25, 0.3) is 0 Å². The van der Waals surface area contributed by atoms with Crippen molar-refractivity contribution < 1.29 is 0 Å². The molecule has 0 unspecified atom stereocenters. The molecule has 4 heterocycles. The highest BCUT2D eigenvalue weighted by Gasteiger charge is 2.21. The number of nitrogens with zero attached hydrogens (tertiary/aromatic N) is 5. The second-order valence-corrected chi connectivity index (χ2v) is 8.33. The van der Waals surface area contributed by atoms with Crippen LogP contribution in [0.1, 0.15) is 4.88 Å². The molecule has 3 aromatic rings. The van der Waals surface area contributed by atoms with Gasteiger partial charge < -0.3 is 4.90 Å². The molecule has 1 saturated heterocycles. The SMILES string of the molecule is Clc1ccc(CN2CCN(c3nnc(-c4ccccn4)s3)CC2)s1. The fourth-order valence-corrected chi connectivity index (χ4v) is 4.69. The van der Waals surface area contributed by atoms with E-state index in [1.165, 1.54) is 4.88 Å². The first-order valence-corrected chi connectivity index (χ1v) is 9.75. The summed E-state index contributed by atoms with van der Waals surface area (Å²) < 4.78 is 0.861. The van der Waals surface area contributed by atoms with Crippen LogP contribution in [0.25, 0.3) is 10.7 Å². The molecule has 5 nitrogen and oxygen atoms in total. The highest BCUT2D eigenvalue weighted by Crippen LogP contribution is 2.28. The van der Waals surface area contributed by atoms with Gasteiger partial charge in [-0.1, -0.05) is 29.0 Å². The maximum absolute atomic E-state index is 6.01. The topological polar surface area (TPSA) is 45.2 Å². The van der Waals surface area contributed by atoms with Crippen molar-refractivity contribution in [3.05, 3.63) is 45.7 Å². The van der Waals surface area contributed by atoms with Crippen molar-refractivity contribution in [1.82, 2.24) is 20.1 Å². The molecule has 0 saturated carbocycles. The van der Waals surface area contributed by atoms with Crippen molar-refractivity contribution in [3.8, 4) is 10.7 Å². The molecule has 8 heteroatoms. The van der Waals surface area contributed by atoms with Crippen molar-refractivity contribution in [3.63, 3.8) is 0 Å². The van der Waals surface area contributed by atoms with Crippen LogP contribution >= 0.6 is 34.3 Å². The quantitative estimate of drug-likeness (QED) is 0.694. The van der Waals surface area contributed by atoms with Crippen LogP contribution < -0.4 is 4.90 Å². The molecule has 124 valence electrons. The molecule has 3 aromatic heterocycles. The third kappa shape index (κ3) is 3.59. The van der Waals surface area contributed by atoms with Crippen LogP contribution in [-0.2, 0) is 6.54 Å². The van der Waals surface area contributed by atoms with Crippen LogP contribution in [0.4, 0.5) is 5.13 Å². The Kier molecular flexibility index (Phi) is 4.75. The first kappa shape index (κ1) is 16.0. The minimum atomic E-state index is 0.861. The molecule has 4 rings (SSSR count). The van der Waals surface area contributed by atoms with E-state index in [2.05, 4.69) is 31.0 Å². The molecule has 0 bridgehead atoms. The summed E-state index contributed by atoms with van der Waals surface area (Å²) in [5.41, 5.74) is 0.884. The molecular weight excluding hydrogens is 362 g/mol. The number of pyridine rings is 1. The van der Waals surface area contributed by atoms with E-state index < -0.39 is 0 Å². The minimum absolute atomic E-state index is 0.861. The molecule has 0 aliphatic carbocycles. The molecule has 1 aliphatic heterocycles. The van der Waals surface area contributed by atoms with Gasteiger partial charge in [-0.3, -0.25) is 9.88 Å². The Labute approximate surface area is 153 Å². The second-order valence-electron chi connectivity index (χ2n) is 5.57. The smallest absolute Gasteiger partial charge is 0.208 e. The van der Waals surface area contributed by atoms with Crippen molar-refractivity contribution in [1.29, 1.82) is 0 Å². The predicted octanol–water partition coefficient (Wildman–Crippen LogP) is 3.64. The molecule has 0 N–H and O–H groups in total. The molecule has 1 fully saturated rings. The lowest BCUT2D eigenvalue weighted by atomic mass is 10.3. The van der Waals surface area contributed by atoms with Gasteiger partial charge >= 0.3 is 0 Å².